The van der Waals surface area contributed by atoms with Crippen molar-refractivity contribution in [1.82, 2.24) is 20.6 Å². The zero-order valence-electron chi connectivity index (χ0n) is 12.4. The third-order valence-corrected chi connectivity index (χ3v) is 3.47. The van der Waals surface area contributed by atoms with Gasteiger partial charge in [-0.05, 0) is 31.9 Å². The fourth-order valence-corrected chi connectivity index (χ4v) is 2.20. The molecule has 0 bridgehead atoms. The Bertz CT molecular complexity index is 563. The number of rotatable bonds is 6. The molecule has 21 heavy (non-hydrogen) atoms. The quantitative estimate of drug-likeness (QED) is 0.656. The maximum atomic E-state index is 11.9. The maximum absolute atomic E-state index is 11.9. The van der Waals surface area contributed by atoms with Gasteiger partial charge in [-0.25, -0.2) is 9.78 Å². The number of nitrogens with zero attached hydrogens (tertiary/aromatic N) is 1. The molecule has 0 radical (unpaired) electrons. The van der Waals surface area contributed by atoms with Crippen molar-refractivity contribution in [3.05, 3.63) is 30.1 Å². The molecule has 2 unspecified atom stereocenters. The first-order valence-electron chi connectivity index (χ1n) is 7.26. The summed E-state index contributed by atoms with van der Waals surface area (Å²) < 4.78 is 0. The third-order valence-electron chi connectivity index (χ3n) is 3.47. The van der Waals surface area contributed by atoms with Crippen LogP contribution in [0.5, 0.6) is 0 Å². The van der Waals surface area contributed by atoms with Crippen molar-refractivity contribution in [2.45, 2.75) is 38.8 Å². The highest BCUT2D eigenvalue weighted by Gasteiger charge is 2.15. The lowest BCUT2D eigenvalue weighted by Gasteiger charge is -2.18. The number of imidazole rings is 1. The number of aromatic nitrogens is 2. The first-order chi connectivity index (χ1) is 10.1. The van der Waals surface area contributed by atoms with E-state index >= 15 is 0 Å². The predicted molar refractivity (Wildman–Crippen MR) is 82.0 cm³/mol. The number of aromatic amines is 1. The Hall–Kier alpha value is -2.08. The van der Waals surface area contributed by atoms with E-state index in [4.69, 9.17) is 5.11 Å². The highest BCUT2D eigenvalue weighted by Crippen LogP contribution is 2.15. The molecule has 114 valence electrons. The van der Waals surface area contributed by atoms with Gasteiger partial charge < -0.3 is 20.7 Å². The summed E-state index contributed by atoms with van der Waals surface area (Å²) in [6.07, 6.45) is 1.34. The van der Waals surface area contributed by atoms with Crippen LogP contribution in [-0.4, -0.2) is 33.8 Å². The molecule has 2 aromatic rings. The van der Waals surface area contributed by atoms with E-state index in [1.165, 1.54) is 0 Å². The van der Waals surface area contributed by atoms with Crippen LogP contribution in [0, 0.1) is 0 Å². The van der Waals surface area contributed by atoms with E-state index in [0.717, 1.165) is 23.3 Å². The molecule has 0 aliphatic rings. The molecule has 2 rings (SSSR count). The van der Waals surface area contributed by atoms with E-state index in [1.807, 2.05) is 38.1 Å². The van der Waals surface area contributed by atoms with Crippen molar-refractivity contribution >= 4 is 17.1 Å². The summed E-state index contributed by atoms with van der Waals surface area (Å²) in [6.45, 7) is 3.92. The van der Waals surface area contributed by atoms with E-state index in [0.29, 0.717) is 6.42 Å². The Morgan fingerprint density at radius 1 is 1.38 bits per heavy atom. The summed E-state index contributed by atoms with van der Waals surface area (Å²) in [5.74, 6) is 0.724. The summed E-state index contributed by atoms with van der Waals surface area (Å²) in [7, 11) is 0. The van der Waals surface area contributed by atoms with Crippen LogP contribution in [0.4, 0.5) is 4.79 Å². The summed E-state index contributed by atoms with van der Waals surface area (Å²) in [5.41, 5.74) is 1.83. The summed E-state index contributed by atoms with van der Waals surface area (Å²) >= 11 is 0. The minimum atomic E-state index is -0.247. The van der Waals surface area contributed by atoms with Gasteiger partial charge in [0.2, 0.25) is 0 Å². The van der Waals surface area contributed by atoms with E-state index in [1.54, 1.807) is 0 Å². The van der Waals surface area contributed by atoms with E-state index in [-0.39, 0.29) is 24.7 Å². The van der Waals surface area contributed by atoms with Gasteiger partial charge in [0.05, 0.1) is 17.1 Å². The maximum Gasteiger partial charge on any atom is 0.315 e. The number of benzene rings is 1. The molecule has 1 aromatic carbocycles. The largest absolute Gasteiger partial charge is 0.396 e. The molecule has 2 atom stereocenters. The van der Waals surface area contributed by atoms with Crippen LogP contribution in [0.25, 0.3) is 11.0 Å². The molecule has 0 aliphatic carbocycles. The highest BCUT2D eigenvalue weighted by atomic mass is 16.3. The topological polar surface area (TPSA) is 90.0 Å². The number of aliphatic hydroxyl groups excluding tert-OH is 1. The number of fused-ring (bicyclic) bond motifs is 1. The van der Waals surface area contributed by atoms with Crippen LogP contribution >= 0.6 is 0 Å². The Balaban J connectivity index is 1.96. The van der Waals surface area contributed by atoms with Crippen LogP contribution in [0.15, 0.2) is 24.3 Å². The fraction of sp³-hybridized carbons (Fsp3) is 0.467. The summed E-state index contributed by atoms with van der Waals surface area (Å²) in [5, 5.41) is 14.6. The monoisotopic (exact) mass is 290 g/mol. The lowest BCUT2D eigenvalue weighted by molar-refractivity contribution is 0.225. The van der Waals surface area contributed by atoms with E-state index < -0.39 is 0 Å². The number of carbonyl (C=O) groups is 1. The van der Waals surface area contributed by atoms with Crippen LogP contribution in [0.1, 0.15) is 38.6 Å². The summed E-state index contributed by atoms with van der Waals surface area (Å²) in [6, 6.07) is 7.27. The molecule has 0 saturated carbocycles. The first-order valence-corrected chi connectivity index (χ1v) is 7.26. The van der Waals surface area contributed by atoms with Crippen LogP contribution in [0.2, 0.25) is 0 Å². The zero-order valence-corrected chi connectivity index (χ0v) is 12.4. The Kier molecular flexibility index (Phi) is 5.16. The number of H-pyrrole nitrogens is 1. The Labute approximate surface area is 124 Å². The second kappa shape index (κ2) is 7.08. The lowest BCUT2D eigenvalue weighted by Crippen LogP contribution is -2.43. The van der Waals surface area contributed by atoms with E-state index in [9.17, 15) is 4.79 Å². The van der Waals surface area contributed by atoms with Gasteiger partial charge in [0.1, 0.15) is 5.82 Å². The number of aliphatic hydroxyl groups is 1. The van der Waals surface area contributed by atoms with Crippen molar-refractivity contribution in [2.24, 2.45) is 0 Å². The Morgan fingerprint density at radius 3 is 2.81 bits per heavy atom. The van der Waals surface area contributed by atoms with Crippen molar-refractivity contribution in [3.63, 3.8) is 0 Å². The molecular weight excluding hydrogens is 268 g/mol. The predicted octanol–water partition coefficient (Wildman–Crippen LogP) is 2.08. The zero-order chi connectivity index (χ0) is 15.2. The van der Waals surface area contributed by atoms with Gasteiger partial charge >= 0.3 is 6.03 Å². The molecular formula is C15H22N4O2. The van der Waals surface area contributed by atoms with Crippen molar-refractivity contribution < 1.29 is 9.90 Å². The third kappa shape index (κ3) is 3.95. The number of para-hydroxylation sites is 2. The molecule has 4 N–H and O–H groups in total. The minimum Gasteiger partial charge on any atom is -0.396 e. The first kappa shape index (κ1) is 15.3. The number of hydrogen-bond acceptors (Lipinski definition) is 3. The lowest BCUT2D eigenvalue weighted by atomic mass is 10.1. The van der Waals surface area contributed by atoms with Gasteiger partial charge in [0, 0.05) is 12.6 Å². The standard InChI is InChI=1S/C15H22N4O2/c1-3-11(8-9-20)17-15(21)16-10(2)14-18-12-6-4-5-7-13(12)19-14/h4-7,10-11,20H,3,8-9H2,1-2H3,(H,18,19)(H2,16,17,21). The molecule has 2 amide bonds. The molecule has 6 heteroatoms. The molecule has 1 aromatic heterocycles. The van der Waals surface area contributed by atoms with Gasteiger partial charge in [-0.1, -0.05) is 19.1 Å². The second-order valence-electron chi connectivity index (χ2n) is 5.10. The fourth-order valence-electron chi connectivity index (χ4n) is 2.20. The molecule has 0 fully saturated rings. The molecule has 0 aliphatic heterocycles. The van der Waals surface area contributed by atoms with Gasteiger partial charge in [-0.2, -0.15) is 0 Å². The smallest absolute Gasteiger partial charge is 0.315 e. The van der Waals surface area contributed by atoms with Crippen LogP contribution in [0.3, 0.4) is 0 Å². The van der Waals surface area contributed by atoms with Gasteiger partial charge in [-0.15, -0.1) is 0 Å². The SMILES string of the molecule is CCC(CCO)NC(=O)NC(C)c1nc2ccccc2[nH]1. The molecule has 1 heterocycles. The normalized spacial score (nSPS) is 13.9. The van der Waals surface area contributed by atoms with Crippen LogP contribution < -0.4 is 10.6 Å². The van der Waals surface area contributed by atoms with Crippen molar-refractivity contribution in [2.75, 3.05) is 6.61 Å². The van der Waals surface area contributed by atoms with Crippen LogP contribution in [-0.2, 0) is 0 Å². The second-order valence-corrected chi connectivity index (χ2v) is 5.10. The van der Waals surface area contributed by atoms with Gasteiger partial charge in [0.15, 0.2) is 0 Å². The number of carbonyl (C=O) groups excluding carboxylic acids is 1. The van der Waals surface area contributed by atoms with Gasteiger partial charge in [0.25, 0.3) is 0 Å². The highest BCUT2D eigenvalue weighted by molar-refractivity contribution is 5.76. The van der Waals surface area contributed by atoms with E-state index in [2.05, 4.69) is 20.6 Å². The number of nitrogens with one attached hydrogen (secondary N) is 3. The Morgan fingerprint density at radius 2 is 2.14 bits per heavy atom. The molecule has 0 saturated heterocycles. The average molecular weight is 290 g/mol. The molecule has 6 nitrogen and oxygen atoms in total. The summed E-state index contributed by atoms with van der Waals surface area (Å²) in [4.78, 5) is 19.6. The molecule has 0 spiro atoms. The van der Waals surface area contributed by atoms with Crippen molar-refractivity contribution in [1.29, 1.82) is 0 Å². The number of urea groups is 1. The minimum absolute atomic E-state index is 0.0159. The number of amides is 2. The average Bonchev–Trinajstić information content (AvgIpc) is 2.90. The van der Waals surface area contributed by atoms with Crippen molar-refractivity contribution in [3.8, 4) is 0 Å². The number of hydrogen-bond donors (Lipinski definition) is 4. The van der Waals surface area contributed by atoms with Gasteiger partial charge in [-0.3, -0.25) is 0 Å².